The summed E-state index contributed by atoms with van der Waals surface area (Å²) in [5.41, 5.74) is 0.529. The molecule has 0 radical (unpaired) electrons. The smallest absolute Gasteiger partial charge is 0.304 e. The quantitative estimate of drug-likeness (QED) is 0.341. The highest BCUT2D eigenvalue weighted by Gasteiger charge is 2.53. The first-order chi connectivity index (χ1) is 17.2. The Balaban J connectivity index is 2.30. The molecule has 0 aliphatic carbocycles. The number of nitrogens with zero attached hydrogens (tertiary/aromatic N) is 1. The van der Waals surface area contributed by atoms with E-state index in [1.165, 1.54) is 0 Å². The molecule has 1 fully saturated rings. The normalized spacial score (nSPS) is 24.8. The number of nitrogens with one attached hydrogen (secondary N) is 1. The van der Waals surface area contributed by atoms with Gasteiger partial charge in [-0.2, -0.15) is 0 Å². The second-order valence-electron chi connectivity index (χ2n) is 11.0. The SMILES string of the molecule is CC(C)C(CS(=N)(=O)C(C)C)N1C(=O)[C@@](C)(CC(=O)O)C[C@H](c2cccc(Cl)c2)[C@H]1c1ccc(Cl)cc1. The topological polar surface area (TPSA) is 98.5 Å². The Kier molecular flexibility index (Phi) is 9.03. The number of carboxylic acid groups (broad SMARTS) is 1. The maximum Gasteiger partial charge on any atom is 0.304 e. The lowest BCUT2D eigenvalue weighted by Gasteiger charge is -2.53. The molecule has 2 aromatic rings. The first kappa shape index (κ1) is 29.5. The lowest BCUT2D eigenvalue weighted by atomic mass is 9.66. The molecule has 2 unspecified atom stereocenters. The van der Waals surface area contributed by atoms with E-state index in [4.69, 9.17) is 28.0 Å². The van der Waals surface area contributed by atoms with Gasteiger partial charge >= 0.3 is 5.97 Å². The van der Waals surface area contributed by atoms with Crippen molar-refractivity contribution < 1.29 is 18.9 Å². The highest BCUT2D eigenvalue weighted by atomic mass is 35.5. The Morgan fingerprint density at radius 1 is 1.11 bits per heavy atom. The lowest BCUT2D eigenvalue weighted by molar-refractivity contribution is -0.161. The zero-order valence-electron chi connectivity index (χ0n) is 21.9. The maximum absolute atomic E-state index is 14.3. The number of carbonyl (C=O) groups excluding carboxylic acids is 1. The number of amides is 1. The number of hydrogen-bond acceptors (Lipinski definition) is 4. The second kappa shape index (κ2) is 11.3. The van der Waals surface area contributed by atoms with E-state index in [1.54, 1.807) is 43.9 Å². The highest BCUT2D eigenvalue weighted by molar-refractivity contribution is 7.93. The molecule has 0 bridgehead atoms. The summed E-state index contributed by atoms with van der Waals surface area (Å²) < 4.78 is 22.0. The van der Waals surface area contributed by atoms with E-state index in [2.05, 4.69) is 0 Å². The fraction of sp³-hybridized carbons (Fsp3) is 0.500. The van der Waals surface area contributed by atoms with Crippen molar-refractivity contribution in [2.45, 2.75) is 70.7 Å². The van der Waals surface area contributed by atoms with Gasteiger partial charge in [0.05, 0.1) is 23.6 Å². The van der Waals surface area contributed by atoms with Crippen molar-refractivity contribution in [2.75, 3.05) is 5.75 Å². The summed E-state index contributed by atoms with van der Waals surface area (Å²) in [6.07, 6.45) is -0.0362. The third-order valence-electron chi connectivity index (χ3n) is 7.44. The van der Waals surface area contributed by atoms with Gasteiger partial charge in [-0.15, -0.1) is 0 Å². The number of halogens is 2. The summed E-state index contributed by atoms with van der Waals surface area (Å²) in [6, 6.07) is 13.7. The van der Waals surface area contributed by atoms with Crippen molar-refractivity contribution in [2.24, 2.45) is 11.3 Å². The molecular weight excluding hydrogens is 531 g/mol. The summed E-state index contributed by atoms with van der Waals surface area (Å²) in [4.78, 5) is 28.0. The Labute approximate surface area is 230 Å². The van der Waals surface area contributed by atoms with Crippen molar-refractivity contribution in [3.63, 3.8) is 0 Å². The van der Waals surface area contributed by atoms with Gasteiger partial charge in [-0.3, -0.25) is 14.4 Å². The molecule has 1 amide bonds. The predicted molar refractivity (Wildman–Crippen MR) is 150 cm³/mol. The minimum absolute atomic E-state index is 0.00355. The number of piperidine rings is 1. The molecule has 37 heavy (non-hydrogen) atoms. The van der Waals surface area contributed by atoms with Crippen LogP contribution in [0.15, 0.2) is 48.5 Å². The number of likely N-dealkylation sites (tertiary alicyclic amines) is 1. The van der Waals surface area contributed by atoms with Crippen LogP contribution in [-0.2, 0) is 19.3 Å². The standard InChI is InChI=1S/C28H36Cl2N2O4S/c1-17(2)24(16-37(31,36)18(3)4)32-26(19-9-11-21(29)12-10-19)23(20-7-6-8-22(30)13-20)14-28(5,27(32)35)15-25(33)34/h6-13,17-18,23-24,26,31H,14-16H2,1-5H3,(H,33,34)/t23-,24?,26-,28-,37?/m1/s1. The Morgan fingerprint density at radius 2 is 1.73 bits per heavy atom. The van der Waals surface area contributed by atoms with Crippen molar-refractivity contribution in [1.82, 2.24) is 4.90 Å². The molecule has 2 aromatic carbocycles. The third-order valence-corrected chi connectivity index (χ3v) is 10.3. The van der Waals surface area contributed by atoms with Gasteiger partial charge in [-0.25, -0.2) is 4.21 Å². The van der Waals surface area contributed by atoms with Gasteiger partial charge in [0, 0.05) is 37.0 Å². The second-order valence-corrected chi connectivity index (χ2v) is 14.6. The molecule has 1 aliphatic heterocycles. The fourth-order valence-corrected chi connectivity index (χ4v) is 7.05. The molecule has 3 rings (SSSR count). The average molecular weight is 568 g/mol. The summed E-state index contributed by atoms with van der Waals surface area (Å²) in [5, 5.41) is 10.5. The van der Waals surface area contributed by atoms with E-state index >= 15 is 0 Å². The highest BCUT2D eigenvalue weighted by Crippen LogP contribution is 2.52. The van der Waals surface area contributed by atoms with Crippen LogP contribution < -0.4 is 0 Å². The summed E-state index contributed by atoms with van der Waals surface area (Å²) in [5.74, 6) is -1.77. The number of hydrogen-bond donors (Lipinski definition) is 2. The lowest BCUT2D eigenvalue weighted by Crippen LogP contribution is -2.59. The molecule has 2 N–H and O–H groups in total. The molecule has 9 heteroatoms. The van der Waals surface area contributed by atoms with Gasteiger partial charge in [-0.1, -0.05) is 82.1 Å². The van der Waals surface area contributed by atoms with Gasteiger partial charge < -0.3 is 10.0 Å². The largest absolute Gasteiger partial charge is 0.481 e. The van der Waals surface area contributed by atoms with Crippen molar-refractivity contribution in [3.8, 4) is 0 Å². The molecule has 0 spiro atoms. The Morgan fingerprint density at radius 3 is 2.24 bits per heavy atom. The van der Waals surface area contributed by atoms with Crippen molar-refractivity contribution in [1.29, 1.82) is 4.78 Å². The van der Waals surface area contributed by atoms with Gasteiger partial charge in [0.15, 0.2) is 0 Å². The van der Waals surface area contributed by atoms with E-state index in [1.807, 2.05) is 44.2 Å². The Bertz CT molecular complexity index is 1250. The summed E-state index contributed by atoms with van der Waals surface area (Å²) in [7, 11) is -3.03. The number of benzene rings is 2. The molecule has 0 aromatic heterocycles. The summed E-state index contributed by atoms with van der Waals surface area (Å²) in [6.45, 7) is 9.11. The van der Waals surface area contributed by atoms with E-state index in [-0.39, 0.29) is 29.9 Å². The first-order valence-electron chi connectivity index (χ1n) is 12.5. The van der Waals surface area contributed by atoms with E-state index in [0.717, 1.165) is 11.1 Å². The maximum atomic E-state index is 14.3. The van der Waals surface area contributed by atoms with E-state index < -0.39 is 38.4 Å². The van der Waals surface area contributed by atoms with Gasteiger partial charge in [0.1, 0.15) is 0 Å². The van der Waals surface area contributed by atoms with Crippen LogP contribution in [0.25, 0.3) is 0 Å². The van der Waals surface area contributed by atoms with Crippen LogP contribution in [-0.4, -0.2) is 43.1 Å². The van der Waals surface area contributed by atoms with Crippen LogP contribution in [0, 0.1) is 16.1 Å². The molecule has 202 valence electrons. The minimum Gasteiger partial charge on any atom is -0.481 e. The molecule has 1 saturated heterocycles. The van der Waals surface area contributed by atoms with Gasteiger partial charge in [0.25, 0.3) is 0 Å². The van der Waals surface area contributed by atoms with E-state index in [9.17, 15) is 18.9 Å². The zero-order valence-corrected chi connectivity index (χ0v) is 24.2. The molecular formula is C28H36Cl2N2O4S. The van der Waals surface area contributed by atoms with Crippen LogP contribution >= 0.6 is 23.2 Å². The molecule has 6 nitrogen and oxygen atoms in total. The number of carbonyl (C=O) groups is 2. The van der Waals surface area contributed by atoms with Crippen molar-refractivity contribution >= 4 is 44.8 Å². The van der Waals surface area contributed by atoms with Crippen LogP contribution in [0.2, 0.25) is 10.0 Å². The molecule has 1 aliphatic rings. The van der Waals surface area contributed by atoms with Gasteiger partial charge in [-0.05, 0) is 47.7 Å². The molecule has 5 atom stereocenters. The van der Waals surface area contributed by atoms with E-state index in [0.29, 0.717) is 16.5 Å². The monoisotopic (exact) mass is 566 g/mol. The fourth-order valence-electron chi connectivity index (χ4n) is 5.28. The molecule has 1 heterocycles. The van der Waals surface area contributed by atoms with Crippen LogP contribution in [0.5, 0.6) is 0 Å². The average Bonchev–Trinajstić information content (AvgIpc) is 2.79. The van der Waals surface area contributed by atoms with Crippen molar-refractivity contribution in [3.05, 3.63) is 69.7 Å². The zero-order chi connectivity index (χ0) is 27.7. The molecule has 0 saturated carbocycles. The number of aliphatic carboxylic acids is 1. The minimum atomic E-state index is -3.03. The number of rotatable bonds is 9. The van der Waals surface area contributed by atoms with Gasteiger partial charge in [0.2, 0.25) is 5.91 Å². The van der Waals surface area contributed by atoms with Crippen LogP contribution in [0.4, 0.5) is 0 Å². The number of carboxylic acids is 1. The first-order valence-corrected chi connectivity index (χ1v) is 15.0. The van der Waals surface area contributed by atoms with Crippen LogP contribution in [0.3, 0.4) is 0 Å². The Hall–Kier alpha value is -2.09. The predicted octanol–water partition coefficient (Wildman–Crippen LogP) is 7.01. The summed E-state index contributed by atoms with van der Waals surface area (Å²) >= 11 is 12.6. The third kappa shape index (κ3) is 6.50. The van der Waals surface area contributed by atoms with Crippen LogP contribution in [0.1, 0.15) is 70.5 Å².